The van der Waals surface area contributed by atoms with Gasteiger partial charge in [0.15, 0.2) is 0 Å². The van der Waals surface area contributed by atoms with E-state index in [1.807, 2.05) is 72.8 Å². The molecular weight excluding hydrogens is 888 g/mol. The maximum absolute atomic E-state index is 13.6. The summed E-state index contributed by atoms with van der Waals surface area (Å²) in [4.78, 5) is 80.3. The molecule has 0 bridgehead atoms. The van der Waals surface area contributed by atoms with Gasteiger partial charge in [-0.3, -0.25) is 0 Å². The van der Waals surface area contributed by atoms with Gasteiger partial charge in [-0.2, -0.15) is 0 Å². The molecular formula is C55H43ClO12. The fourth-order valence-electron chi connectivity index (χ4n) is 6.72. The third kappa shape index (κ3) is 13.8. The molecule has 7 rings (SSSR count). The first kappa shape index (κ1) is 47.6. The van der Waals surface area contributed by atoms with Crippen molar-refractivity contribution in [1.29, 1.82) is 0 Å². The van der Waals surface area contributed by atoms with Crippen molar-refractivity contribution in [1.82, 2.24) is 0 Å². The van der Waals surface area contributed by atoms with Crippen LogP contribution in [0.1, 0.15) is 101 Å². The Balaban J connectivity index is 1.05. The van der Waals surface area contributed by atoms with Gasteiger partial charge in [-0.15, -0.1) is 11.6 Å². The molecule has 0 atom stereocenters. The van der Waals surface area contributed by atoms with Crippen molar-refractivity contribution < 1.29 is 57.2 Å². The summed E-state index contributed by atoms with van der Waals surface area (Å²) >= 11 is 6.19. The van der Waals surface area contributed by atoms with Gasteiger partial charge in [-0.25, -0.2) is 28.8 Å². The van der Waals surface area contributed by atoms with Crippen molar-refractivity contribution in [3.63, 3.8) is 0 Å². The number of esters is 6. The van der Waals surface area contributed by atoms with E-state index in [2.05, 4.69) is 0 Å². The maximum atomic E-state index is 13.6. The van der Waals surface area contributed by atoms with Crippen LogP contribution in [0.2, 0.25) is 0 Å². The van der Waals surface area contributed by atoms with Gasteiger partial charge < -0.3 is 28.4 Å². The molecule has 0 N–H and O–H groups in total. The number of benzene rings is 7. The molecule has 0 unspecified atom stereocenters. The van der Waals surface area contributed by atoms with Crippen LogP contribution in [-0.4, -0.2) is 35.8 Å². The van der Waals surface area contributed by atoms with Gasteiger partial charge in [0.25, 0.3) is 0 Å². The molecule has 0 aliphatic heterocycles. The Kier molecular flexibility index (Phi) is 16.6. The number of alkyl halides is 1. The second-order valence-corrected chi connectivity index (χ2v) is 15.6. The standard InChI is InChI=1S/C55H43ClO12/c56-30-41-21-44(50(57)67-35-42-23-46(52(59)63-31-37-13-5-1-6-14-37)28-47(24-42)53(60)64-32-38-15-7-2-8-16-38)27-45(22-41)51(58)68-36-43-25-48(54(61)65-33-39-17-9-3-10-18-39)29-49(26-43)55(62)66-34-40-19-11-4-12-20-40/h1-29H,30-36H2. The van der Waals surface area contributed by atoms with Crippen molar-refractivity contribution in [3.8, 4) is 0 Å². The molecule has 0 radical (unpaired) electrons. The largest absolute Gasteiger partial charge is 0.457 e. The molecule has 0 aromatic heterocycles. The average molecular weight is 931 g/mol. The Hall–Kier alpha value is -8.35. The molecule has 0 spiro atoms. The van der Waals surface area contributed by atoms with Gasteiger partial charge in [0.05, 0.1) is 33.4 Å². The topological polar surface area (TPSA) is 158 Å². The van der Waals surface area contributed by atoms with Crippen LogP contribution in [0.3, 0.4) is 0 Å². The van der Waals surface area contributed by atoms with Gasteiger partial charge in [0.2, 0.25) is 0 Å². The van der Waals surface area contributed by atoms with E-state index >= 15 is 0 Å². The van der Waals surface area contributed by atoms with Gasteiger partial charge in [0, 0.05) is 5.88 Å². The van der Waals surface area contributed by atoms with E-state index in [4.69, 9.17) is 40.0 Å². The summed E-state index contributed by atoms with van der Waals surface area (Å²) in [5, 5.41) is 0. The Morgan fingerprint density at radius 3 is 0.662 bits per heavy atom. The monoisotopic (exact) mass is 930 g/mol. The van der Waals surface area contributed by atoms with E-state index < -0.39 is 35.8 Å². The second-order valence-electron chi connectivity index (χ2n) is 15.3. The number of rotatable bonds is 19. The molecule has 0 heterocycles. The highest BCUT2D eigenvalue weighted by Gasteiger charge is 2.21. The van der Waals surface area contributed by atoms with Crippen molar-refractivity contribution in [2.45, 2.75) is 45.5 Å². The molecule has 7 aromatic rings. The van der Waals surface area contributed by atoms with E-state index in [1.165, 1.54) is 54.6 Å². The lowest BCUT2D eigenvalue weighted by atomic mass is 10.0. The SMILES string of the molecule is O=C(OCc1cc(C(=O)OCc2ccccc2)cc(C(=O)OCc2ccccc2)c1)c1cc(CCl)cc(C(=O)OCc2cc(C(=O)OCc3ccccc3)cc(C(=O)OCc3ccccc3)c2)c1. The summed E-state index contributed by atoms with van der Waals surface area (Å²) in [5.74, 6) is -4.65. The maximum Gasteiger partial charge on any atom is 0.338 e. The van der Waals surface area contributed by atoms with Crippen molar-refractivity contribution >= 4 is 47.4 Å². The van der Waals surface area contributed by atoms with Crippen molar-refractivity contribution in [2.75, 3.05) is 0 Å². The minimum Gasteiger partial charge on any atom is -0.457 e. The first-order valence-electron chi connectivity index (χ1n) is 21.3. The van der Waals surface area contributed by atoms with Crippen LogP contribution in [0.5, 0.6) is 0 Å². The van der Waals surface area contributed by atoms with Gasteiger partial charge in [-0.1, -0.05) is 121 Å². The highest BCUT2D eigenvalue weighted by molar-refractivity contribution is 6.17. The average Bonchev–Trinajstić information content (AvgIpc) is 3.39. The molecule has 13 heteroatoms. The van der Waals surface area contributed by atoms with Crippen LogP contribution in [0.4, 0.5) is 0 Å². The Morgan fingerprint density at radius 2 is 0.456 bits per heavy atom. The van der Waals surface area contributed by atoms with Gasteiger partial charge >= 0.3 is 35.8 Å². The minimum atomic E-state index is -0.850. The smallest absolute Gasteiger partial charge is 0.338 e. The predicted octanol–water partition coefficient (Wildman–Crippen LogP) is 10.6. The lowest BCUT2D eigenvalue weighted by Crippen LogP contribution is -2.13. The minimum absolute atomic E-state index is 0.0184. The highest BCUT2D eigenvalue weighted by Crippen LogP contribution is 2.21. The van der Waals surface area contributed by atoms with Crippen LogP contribution < -0.4 is 0 Å². The predicted molar refractivity (Wildman–Crippen MR) is 249 cm³/mol. The summed E-state index contributed by atoms with van der Waals surface area (Å²) in [7, 11) is 0. The summed E-state index contributed by atoms with van der Waals surface area (Å²) in [5.41, 5.74) is 4.02. The molecule has 0 saturated heterocycles. The van der Waals surface area contributed by atoms with E-state index in [0.717, 1.165) is 22.3 Å². The van der Waals surface area contributed by atoms with E-state index in [9.17, 15) is 28.8 Å². The highest BCUT2D eigenvalue weighted by atomic mass is 35.5. The Bertz CT molecular complexity index is 2550. The van der Waals surface area contributed by atoms with Crippen LogP contribution in [0, 0.1) is 0 Å². The number of hydrogen-bond donors (Lipinski definition) is 0. The molecule has 0 fully saturated rings. The zero-order chi connectivity index (χ0) is 47.7. The molecule has 7 aromatic carbocycles. The Labute approximate surface area is 396 Å². The molecule has 0 aliphatic rings. The first-order chi connectivity index (χ1) is 33.1. The molecule has 12 nitrogen and oxygen atoms in total. The van der Waals surface area contributed by atoms with E-state index in [0.29, 0.717) is 5.56 Å². The van der Waals surface area contributed by atoms with Gasteiger partial charge in [-0.05, 0) is 93.5 Å². The molecule has 68 heavy (non-hydrogen) atoms. The Morgan fingerprint density at radius 1 is 0.265 bits per heavy atom. The summed E-state index contributed by atoms with van der Waals surface area (Å²) in [6, 6.07) is 48.9. The van der Waals surface area contributed by atoms with Gasteiger partial charge in [0.1, 0.15) is 39.6 Å². The fraction of sp³-hybridized carbons (Fsp3) is 0.127. The normalized spacial score (nSPS) is 10.6. The zero-order valence-corrected chi connectivity index (χ0v) is 37.2. The van der Waals surface area contributed by atoms with E-state index in [1.54, 1.807) is 48.5 Å². The zero-order valence-electron chi connectivity index (χ0n) is 36.5. The fourth-order valence-corrected chi connectivity index (χ4v) is 6.87. The second kappa shape index (κ2) is 23.7. The number of hydrogen-bond acceptors (Lipinski definition) is 12. The number of carbonyl (C=O) groups is 6. The van der Waals surface area contributed by atoms with E-state index in [-0.39, 0.29) is 90.0 Å². The van der Waals surface area contributed by atoms with Crippen LogP contribution in [0.25, 0.3) is 0 Å². The lowest BCUT2D eigenvalue weighted by Gasteiger charge is -2.13. The van der Waals surface area contributed by atoms with Crippen molar-refractivity contribution in [2.24, 2.45) is 0 Å². The third-order valence-corrected chi connectivity index (χ3v) is 10.4. The van der Waals surface area contributed by atoms with Crippen LogP contribution >= 0.6 is 11.6 Å². The number of carbonyl (C=O) groups excluding carboxylic acids is 6. The third-order valence-electron chi connectivity index (χ3n) is 10.1. The summed E-state index contributed by atoms with van der Waals surface area (Å²) < 4.78 is 33.4. The van der Waals surface area contributed by atoms with Crippen LogP contribution in [0.15, 0.2) is 176 Å². The molecule has 0 aliphatic carbocycles. The number of ether oxygens (including phenoxy) is 6. The molecule has 342 valence electrons. The molecule has 0 saturated carbocycles. The lowest BCUT2D eigenvalue weighted by molar-refractivity contribution is 0.0447. The number of halogens is 1. The first-order valence-corrected chi connectivity index (χ1v) is 21.8. The van der Waals surface area contributed by atoms with Crippen molar-refractivity contribution in [3.05, 3.63) is 248 Å². The quantitative estimate of drug-likeness (QED) is 0.0430. The molecule has 0 amide bonds. The summed E-state index contributed by atoms with van der Waals surface area (Å²) in [6.45, 7) is -0.846. The summed E-state index contributed by atoms with van der Waals surface area (Å²) in [6.07, 6.45) is 0. The van der Waals surface area contributed by atoms with Crippen LogP contribution in [-0.2, 0) is 73.9 Å².